The van der Waals surface area contributed by atoms with Crippen LogP contribution in [0.25, 0.3) is 15.8 Å². The Hall–Kier alpha value is -2.62. The molecule has 0 N–H and O–H groups in total. The van der Waals surface area contributed by atoms with Crippen LogP contribution in [0.4, 0.5) is 18.0 Å². The summed E-state index contributed by atoms with van der Waals surface area (Å²) in [6.07, 6.45) is -3.12. The Kier molecular flexibility index (Phi) is 5.81. The van der Waals surface area contributed by atoms with E-state index >= 15 is 0 Å². The van der Waals surface area contributed by atoms with Gasteiger partial charge in [-0.2, -0.15) is 13.2 Å². The molecule has 3 heterocycles. The monoisotopic (exact) mass is 442 g/mol. The highest BCUT2D eigenvalue weighted by Gasteiger charge is 2.36. The molecular formula is C20H21F3N2O4S. The molecule has 30 heavy (non-hydrogen) atoms. The number of amides is 1. The average Bonchev–Trinajstić information content (AvgIpc) is 3.08. The highest BCUT2D eigenvalue weighted by molar-refractivity contribution is 7.17. The summed E-state index contributed by atoms with van der Waals surface area (Å²) < 4.78 is 50.9. The molecule has 0 unspecified atom stereocenters. The Morgan fingerprint density at radius 1 is 1.23 bits per heavy atom. The van der Waals surface area contributed by atoms with E-state index in [4.69, 9.17) is 4.74 Å². The van der Waals surface area contributed by atoms with E-state index in [0.29, 0.717) is 12.0 Å². The number of aromatic nitrogens is 1. The van der Waals surface area contributed by atoms with E-state index in [1.54, 1.807) is 26.8 Å². The van der Waals surface area contributed by atoms with E-state index in [9.17, 15) is 22.8 Å². The minimum absolute atomic E-state index is 0.00311. The summed E-state index contributed by atoms with van der Waals surface area (Å²) in [6, 6.07) is 0.995. The molecule has 0 saturated heterocycles. The van der Waals surface area contributed by atoms with Crippen molar-refractivity contribution >= 4 is 39.2 Å². The van der Waals surface area contributed by atoms with Gasteiger partial charge in [0.25, 0.3) is 0 Å². The second kappa shape index (κ2) is 7.90. The molecule has 0 bridgehead atoms. The minimum atomic E-state index is -4.61. The lowest BCUT2D eigenvalue weighted by Gasteiger charge is -2.29. The fourth-order valence-corrected chi connectivity index (χ4v) is 4.05. The average molecular weight is 442 g/mol. The lowest BCUT2D eigenvalue weighted by Crippen LogP contribution is -2.39. The fourth-order valence-electron chi connectivity index (χ4n) is 3.03. The fraction of sp³-hybridized carbons (Fsp3) is 0.450. The Morgan fingerprint density at radius 3 is 2.47 bits per heavy atom. The molecule has 1 aliphatic heterocycles. The van der Waals surface area contributed by atoms with Crippen molar-refractivity contribution in [2.75, 3.05) is 20.2 Å². The molecule has 0 saturated carbocycles. The number of carbonyl (C=O) groups is 2. The predicted octanol–water partition coefficient (Wildman–Crippen LogP) is 5.13. The standard InChI is InChI=1S/C20H21F3N2O4S/c1-19(2,3)29-18(27)25-7-5-11(6-8-25)14-9-13(20(21,22)23)16-15(24-14)12(10-30-16)17(26)28-4/h5,9-10H,6-8H2,1-4H3. The van der Waals surface area contributed by atoms with Crippen LogP contribution in [0.2, 0.25) is 0 Å². The van der Waals surface area contributed by atoms with Gasteiger partial charge in [-0.1, -0.05) is 6.08 Å². The summed E-state index contributed by atoms with van der Waals surface area (Å²) in [7, 11) is 1.16. The number of ether oxygens (including phenoxy) is 2. The number of hydrogen-bond donors (Lipinski definition) is 0. The van der Waals surface area contributed by atoms with Gasteiger partial charge < -0.3 is 14.4 Å². The van der Waals surface area contributed by atoms with E-state index in [2.05, 4.69) is 9.72 Å². The topological polar surface area (TPSA) is 68.7 Å². The summed E-state index contributed by atoms with van der Waals surface area (Å²) in [5.41, 5.74) is -0.827. The number of rotatable bonds is 2. The first-order chi connectivity index (χ1) is 13.9. The maximum atomic E-state index is 13.7. The van der Waals surface area contributed by atoms with Gasteiger partial charge in [0.15, 0.2) is 0 Å². The van der Waals surface area contributed by atoms with Crippen molar-refractivity contribution in [2.24, 2.45) is 0 Å². The second-order valence-corrected chi connectivity index (χ2v) is 8.66. The summed E-state index contributed by atoms with van der Waals surface area (Å²) in [4.78, 5) is 30.0. The van der Waals surface area contributed by atoms with E-state index in [1.165, 1.54) is 10.3 Å². The molecule has 162 valence electrons. The number of methoxy groups -OCH3 is 1. The summed E-state index contributed by atoms with van der Waals surface area (Å²) in [5, 5.41) is 1.32. The molecule has 0 spiro atoms. The number of carbonyl (C=O) groups excluding carboxylic acids is 2. The van der Waals surface area contributed by atoms with Crippen molar-refractivity contribution in [3.63, 3.8) is 0 Å². The van der Waals surface area contributed by atoms with Crippen molar-refractivity contribution in [2.45, 2.75) is 39.0 Å². The lowest BCUT2D eigenvalue weighted by atomic mass is 10.0. The van der Waals surface area contributed by atoms with Crippen LogP contribution in [0.3, 0.4) is 0 Å². The highest BCUT2D eigenvalue weighted by Crippen LogP contribution is 2.40. The van der Waals surface area contributed by atoms with Crippen LogP contribution >= 0.6 is 11.3 Å². The number of esters is 1. The third-order valence-electron chi connectivity index (χ3n) is 4.42. The van der Waals surface area contributed by atoms with E-state index < -0.39 is 29.4 Å². The molecule has 1 amide bonds. The first-order valence-corrected chi connectivity index (χ1v) is 10.0. The number of fused-ring (bicyclic) bond motifs is 1. The van der Waals surface area contributed by atoms with Crippen LogP contribution in [-0.4, -0.2) is 47.7 Å². The van der Waals surface area contributed by atoms with Gasteiger partial charge in [-0.3, -0.25) is 0 Å². The van der Waals surface area contributed by atoms with E-state index in [0.717, 1.165) is 24.5 Å². The second-order valence-electron chi connectivity index (χ2n) is 7.78. The normalized spacial score (nSPS) is 15.2. The van der Waals surface area contributed by atoms with Gasteiger partial charge >= 0.3 is 18.2 Å². The Bertz CT molecular complexity index is 1020. The maximum Gasteiger partial charge on any atom is 0.417 e. The smallest absolute Gasteiger partial charge is 0.417 e. The first-order valence-electron chi connectivity index (χ1n) is 9.16. The van der Waals surface area contributed by atoms with Crippen LogP contribution in [0, 0.1) is 0 Å². The summed E-state index contributed by atoms with van der Waals surface area (Å²) >= 11 is 0.804. The van der Waals surface area contributed by atoms with E-state index in [1.807, 2.05) is 0 Å². The van der Waals surface area contributed by atoms with Crippen LogP contribution in [0.5, 0.6) is 0 Å². The maximum absolute atomic E-state index is 13.7. The number of nitrogens with zero attached hydrogens (tertiary/aromatic N) is 2. The quantitative estimate of drug-likeness (QED) is 0.604. The Labute approximate surface area is 175 Å². The van der Waals surface area contributed by atoms with Gasteiger partial charge in [0.05, 0.1) is 34.1 Å². The van der Waals surface area contributed by atoms with Gasteiger partial charge in [0, 0.05) is 18.5 Å². The zero-order valence-electron chi connectivity index (χ0n) is 16.9. The molecule has 0 aliphatic carbocycles. The van der Waals surface area contributed by atoms with Crippen molar-refractivity contribution in [3.05, 3.63) is 34.3 Å². The van der Waals surface area contributed by atoms with Crippen LogP contribution < -0.4 is 0 Å². The van der Waals surface area contributed by atoms with Crippen molar-refractivity contribution in [1.82, 2.24) is 9.88 Å². The van der Waals surface area contributed by atoms with Crippen molar-refractivity contribution in [1.29, 1.82) is 0 Å². The van der Waals surface area contributed by atoms with Crippen LogP contribution in [-0.2, 0) is 15.7 Å². The van der Waals surface area contributed by atoms with Gasteiger partial charge in [0.1, 0.15) is 5.60 Å². The Balaban J connectivity index is 1.98. The lowest BCUT2D eigenvalue weighted by molar-refractivity contribution is -0.136. The largest absolute Gasteiger partial charge is 0.465 e. The molecule has 6 nitrogen and oxygen atoms in total. The molecule has 2 aromatic heterocycles. The van der Waals surface area contributed by atoms with Gasteiger partial charge in [-0.25, -0.2) is 14.6 Å². The summed E-state index contributed by atoms with van der Waals surface area (Å²) in [5.74, 6) is -0.743. The molecule has 0 atom stereocenters. The molecule has 2 aromatic rings. The minimum Gasteiger partial charge on any atom is -0.465 e. The van der Waals surface area contributed by atoms with E-state index in [-0.39, 0.29) is 34.6 Å². The molecular weight excluding hydrogens is 421 g/mol. The van der Waals surface area contributed by atoms with Crippen molar-refractivity contribution < 1.29 is 32.2 Å². The molecule has 0 radical (unpaired) electrons. The number of pyridine rings is 1. The summed E-state index contributed by atoms with van der Waals surface area (Å²) in [6.45, 7) is 5.75. The third kappa shape index (κ3) is 4.58. The number of alkyl halides is 3. The molecule has 1 aliphatic rings. The zero-order valence-corrected chi connectivity index (χ0v) is 17.7. The highest BCUT2D eigenvalue weighted by atomic mass is 32.1. The number of halogens is 3. The molecule has 0 fully saturated rings. The van der Waals surface area contributed by atoms with Gasteiger partial charge in [-0.05, 0) is 38.8 Å². The molecule has 3 rings (SSSR count). The molecule has 10 heteroatoms. The third-order valence-corrected chi connectivity index (χ3v) is 5.43. The zero-order chi connectivity index (χ0) is 22.3. The Morgan fingerprint density at radius 2 is 1.93 bits per heavy atom. The first kappa shape index (κ1) is 22.1. The SMILES string of the molecule is COC(=O)c1csc2c(C(F)(F)F)cc(C3=CCN(C(=O)OC(C)(C)C)CC3)nc12. The van der Waals surface area contributed by atoms with Gasteiger partial charge in [-0.15, -0.1) is 11.3 Å². The van der Waals surface area contributed by atoms with Crippen LogP contribution in [0.15, 0.2) is 17.5 Å². The number of hydrogen-bond acceptors (Lipinski definition) is 6. The van der Waals surface area contributed by atoms with Crippen molar-refractivity contribution in [3.8, 4) is 0 Å². The van der Waals surface area contributed by atoms with Crippen LogP contribution in [0.1, 0.15) is 48.8 Å². The molecule has 0 aromatic carbocycles. The van der Waals surface area contributed by atoms with Gasteiger partial charge in [0.2, 0.25) is 0 Å². The predicted molar refractivity (Wildman–Crippen MR) is 106 cm³/mol. The number of thiophene rings is 1.